The first-order valence-electron chi connectivity index (χ1n) is 5.68. The summed E-state index contributed by atoms with van der Waals surface area (Å²) in [5, 5.41) is 0. The Bertz CT molecular complexity index is 409. The number of sulfonamides is 1. The van der Waals surface area contributed by atoms with Crippen molar-refractivity contribution < 1.29 is 8.42 Å². The number of aryl methyl sites for hydroxylation is 1. The van der Waals surface area contributed by atoms with Gasteiger partial charge in [-0.2, -0.15) is 0 Å². The average Bonchev–Trinajstić information content (AvgIpc) is 2.28. The summed E-state index contributed by atoms with van der Waals surface area (Å²) in [6.07, 6.45) is 2.86. The van der Waals surface area contributed by atoms with Crippen molar-refractivity contribution in [3.05, 3.63) is 29.8 Å². The Hall–Kier alpha value is -0.870. The van der Waals surface area contributed by atoms with Gasteiger partial charge in [0, 0.05) is 6.54 Å². The zero-order valence-corrected chi connectivity index (χ0v) is 10.7. The molecular formula is C12H19NO2S. The fourth-order valence-electron chi connectivity index (χ4n) is 1.44. The van der Waals surface area contributed by atoms with Crippen molar-refractivity contribution in [2.24, 2.45) is 0 Å². The number of hydrogen-bond acceptors (Lipinski definition) is 2. The van der Waals surface area contributed by atoms with Crippen molar-refractivity contribution in [2.45, 2.75) is 38.0 Å². The fraction of sp³-hybridized carbons (Fsp3) is 0.500. The molecule has 0 amide bonds. The molecule has 1 aromatic carbocycles. The summed E-state index contributed by atoms with van der Waals surface area (Å²) in [4.78, 5) is 0.348. The zero-order valence-electron chi connectivity index (χ0n) is 9.86. The monoisotopic (exact) mass is 241 g/mol. The van der Waals surface area contributed by atoms with Crippen molar-refractivity contribution in [3.8, 4) is 0 Å². The van der Waals surface area contributed by atoms with Crippen LogP contribution in [0.3, 0.4) is 0 Å². The molecule has 0 aromatic heterocycles. The summed E-state index contributed by atoms with van der Waals surface area (Å²) in [6.45, 7) is 4.53. The molecule has 0 atom stereocenters. The zero-order chi connectivity index (χ0) is 12.0. The van der Waals surface area contributed by atoms with Crippen molar-refractivity contribution in [1.29, 1.82) is 0 Å². The lowest BCUT2D eigenvalue weighted by atomic mass is 10.1. The van der Waals surface area contributed by atoms with E-state index in [1.807, 2.05) is 19.1 Å². The molecule has 1 N–H and O–H groups in total. The third kappa shape index (κ3) is 3.61. The predicted molar refractivity (Wildman–Crippen MR) is 65.9 cm³/mol. The van der Waals surface area contributed by atoms with E-state index in [9.17, 15) is 8.42 Å². The molecule has 0 heterocycles. The topological polar surface area (TPSA) is 46.2 Å². The van der Waals surface area contributed by atoms with Crippen LogP contribution in [-0.4, -0.2) is 15.0 Å². The van der Waals surface area contributed by atoms with Gasteiger partial charge in [-0.15, -0.1) is 0 Å². The molecule has 16 heavy (non-hydrogen) atoms. The second-order valence-corrected chi connectivity index (χ2v) is 5.56. The van der Waals surface area contributed by atoms with Crippen LogP contribution in [0.1, 0.15) is 32.3 Å². The molecule has 0 saturated heterocycles. The Morgan fingerprint density at radius 2 is 1.69 bits per heavy atom. The molecule has 0 fully saturated rings. The molecule has 3 nitrogen and oxygen atoms in total. The minimum atomic E-state index is -3.30. The van der Waals surface area contributed by atoms with Crippen LogP contribution in [0.15, 0.2) is 29.2 Å². The molecule has 0 saturated carbocycles. The van der Waals surface area contributed by atoms with Crippen LogP contribution in [0.2, 0.25) is 0 Å². The lowest BCUT2D eigenvalue weighted by molar-refractivity contribution is 0.581. The van der Waals surface area contributed by atoms with Gasteiger partial charge >= 0.3 is 0 Å². The highest BCUT2D eigenvalue weighted by molar-refractivity contribution is 7.89. The Labute approximate surface area is 97.9 Å². The van der Waals surface area contributed by atoms with E-state index in [2.05, 4.69) is 11.6 Å². The maximum atomic E-state index is 11.7. The quantitative estimate of drug-likeness (QED) is 0.831. The minimum absolute atomic E-state index is 0.348. The Morgan fingerprint density at radius 3 is 2.19 bits per heavy atom. The molecule has 1 rings (SSSR count). The van der Waals surface area contributed by atoms with Crippen molar-refractivity contribution in [3.63, 3.8) is 0 Å². The predicted octanol–water partition coefficient (Wildman–Crippen LogP) is 2.33. The van der Waals surface area contributed by atoms with Crippen LogP contribution < -0.4 is 4.72 Å². The van der Waals surface area contributed by atoms with Gasteiger partial charge in [-0.1, -0.05) is 32.4 Å². The highest BCUT2D eigenvalue weighted by Crippen LogP contribution is 2.11. The van der Waals surface area contributed by atoms with Gasteiger partial charge in [0.2, 0.25) is 10.0 Å². The largest absolute Gasteiger partial charge is 0.240 e. The standard InChI is InChI=1S/C12H19NO2S/c1-3-5-11-6-8-12(9-7-11)16(14,15)13-10-4-2/h6-9,13H,3-5,10H2,1-2H3. The molecule has 90 valence electrons. The molecule has 0 bridgehead atoms. The first kappa shape index (κ1) is 13.2. The van der Waals surface area contributed by atoms with Gasteiger partial charge in [0.15, 0.2) is 0 Å². The van der Waals surface area contributed by atoms with Gasteiger partial charge < -0.3 is 0 Å². The average molecular weight is 241 g/mol. The summed E-state index contributed by atoms with van der Waals surface area (Å²) in [5.41, 5.74) is 1.18. The normalized spacial score (nSPS) is 11.6. The number of hydrogen-bond donors (Lipinski definition) is 1. The van der Waals surface area contributed by atoms with E-state index in [-0.39, 0.29) is 0 Å². The van der Waals surface area contributed by atoms with Gasteiger partial charge in [0.05, 0.1) is 4.90 Å². The first-order chi connectivity index (χ1) is 7.60. The van der Waals surface area contributed by atoms with Crippen molar-refractivity contribution in [1.82, 2.24) is 4.72 Å². The third-order valence-electron chi connectivity index (χ3n) is 2.31. The third-order valence-corrected chi connectivity index (χ3v) is 3.79. The van der Waals surface area contributed by atoms with Crippen LogP contribution in [-0.2, 0) is 16.4 Å². The van der Waals surface area contributed by atoms with Crippen LogP contribution in [0.25, 0.3) is 0 Å². The maximum Gasteiger partial charge on any atom is 0.240 e. The summed E-state index contributed by atoms with van der Waals surface area (Å²) in [6, 6.07) is 7.10. The second-order valence-electron chi connectivity index (χ2n) is 3.79. The van der Waals surface area contributed by atoms with Crippen LogP contribution in [0, 0.1) is 0 Å². The number of nitrogens with one attached hydrogen (secondary N) is 1. The van der Waals surface area contributed by atoms with Crippen LogP contribution >= 0.6 is 0 Å². The fourth-order valence-corrected chi connectivity index (χ4v) is 2.58. The lowest BCUT2D eigenvalue weighted by Crippen LogP contribution is -2.24. The molecule has 0 radical (unpaired) electrons. The van der Waals surface area contributed by atoms with E-state index in [4.69, 9.17) is 0 Å². The van der Waals surface area contributed by atoms with Crippen molar-refractivity contribution in [2.75, 3.05) is 6.54 Å². The SMILES string of the molecule is CCCNS(=O)(=O)c1ccc(CCC)cc1. The summed E-state index contributed by atoms with van der Waals surface area (Å²) in [5.74, 6) is 0. The van der Waals surface area contributed by atoms with Gasteiger partial charge in [-0.05, 0) is 30.5 Å². The molecule has 4 heteroatoms. The Kier molecular flexibility index (Phi) is 4.96. The van der Waals surface area contributed by atoms with Gasteiger partial charge in [-0.3, -0.25) is 0 Å². The molecule has 0 aliphatic heterocycles. The molecular weight excluding hydrogens is 222 g/mol. The molecule has 0 unspecified atom stereocenters. The molecule has 1 aromatic rings. The molecule has 0 aliphatic carbocycles. The highest BCUT2D eigenvalue weighted by Gasteiger charge is 2.11. The van der Waals surface area contributed by atoms with E-state index in [1.54, 1.807) is 12.1 Å². The number of rotatable bonds is 6. The molecule has 0 aliphatic rings. The summed E-state index contributed by atoms with van der Waals surface area (Å²) in [7, 11) is -3.30. The van der Waals surface area contributed by atoms with Gasteiger partial charge in [0.25, 0.3) is 0 Å². The van der Waals surface area contributed by atoms with E-state index in [1.165, 1.54) is 5.56 Å². The van der Waals surface area contributed by atoms with E-state index >= 15 is 0 Å². The minimum Gasteiger partial charge on any atom is -0.211 e. The Morgan fingerprint density at radius 1 is 1.06 bits per heavy atom. The summed E-state index contributed by atoms with van der Waals surface area (Å²) >= 11 is 0. The Balaban J connectivity index is 2.80. The summed E-state index contributed by atoms with van der Waals surface area (Å²) < 4.78 is 26.0. The lowest BCUT2D eigenvalue weighted by Gasteiger charge is -2.06. The maximum absolute atomic E-state index is 11.7. The highest BCUT2D eigenvalue weighted by atomic mass is 32.2. The number of benzene rings is 1. The van der Waals surface area contributed by atoms with E-state index < -0.39 is 10.0 Å². The molecule has 0 spiro atoms. The first-order valence-corrected chi connectivity index (χ1v) is 7.17. The van der Waals surface area contributed by atoms with E-state index in [0.717, 1.165) is 19.3 Å². The smallest absolute Gasteiger partial charge is 0.211 e. The van der Waals surface area contributed by atoms with Crippen LogP contribution in [0.5, 0.6) is 0 Å². The van der Waals surface area contributed by atoms with Gasteiger partial charge in [0.1, 0.15) is 0 Å². The van der Waals surface area contributed by atoms with Crippen molar-refractivity contribution >= 4 is 10.0 Å². The second kappa shape index (κ2) is 6.01. The van der Waals surface area contributed by atoms with E-state index in [0.29, 0.717) is 11.4 Å². The van der Waals surface area contributed by atoms with Gasteiger partial charge in [-0.25, -0.2) is 13.1 Å². The van der Waals surface area contributed by atoms with Crippen LogP contribution in [0.4, 0.5) is 0 Å².